The van der Waals surface area contributed by atoms with Gasteiger partial charge in [-0.3, -0.25) is 14.5 Å². The molecule has 1 saturated heterocycles. The number of benzene rings is 3. The first-order valence-electron chi connectivity index (χ1n) is 10.4. The number of anilines is 1. The van der Waals surface area contributed by atoms with E-state index in [1.165, 1.54) is 24.3 Å². The molecule has 3 aromatic rings. The fourth-order valence-electron chi connectivity index (χ4n) is 3.75. The fraction of sp³-hybridized carbons (Fsp3) is 0.160. The van der Waals surface area contributed by atoms with Crippen LogP contribution in [0.3, 0.4) is 0 Å². The summed E-state index contributed by atoms with van der Waals surface area (Å²) in [4.78, 5) is 39.4. The number of carbonyl (C=O) groups is 3. The molecule has 0 aliphatic carbocycles. The van der Waals surface area contributed by atoms with Crippen molar-refractivity contribution in [2.24, 2.45) is 0 Å². The normalized spacial score (nSPS) is 17.6. The van der Waals surface area contributed by atoms with E-state index in [0.717, 1.165) is 4.90 Å². The van der Waals surface area contributed by atoms with E-state index in [2.05, 4.69) is 10.6 Å². The Bertz CT molecular complexity index is 1180. The van der Waals surface area contributed by atoms with Crippen LogP contribution in [0, 0.1) is 5.82 Å². The van der Waals surface area contributed by atoms with Gasteiger partial charge in [0, 0.05) is 0 Å². The quantitative estimate of drug-likeness (QED) is 0.525. The Morgan fingerprint density at radius 3 is 2.36 bits per heavy atom. The van der Waals surface area contributed by atoms with Crippen LogP contribution in [0.2, 0.25) is 0 Å². The van der Waals surface area contributed by atoms with E-state index < -0.39 is 35.7 Å². The van der Waals surface area contributed by atoms with E-state index in [1.807, 2.05) is 18.2 Å². The van der Waals surface area contributed by atoms with Crippen LogP contribution in [0.1, 0.15) is 18.9 Å². The summed E-state index contributed by atoms with van der Waals surface area (Å²) in [5.41, 5.74) is -0.493. The molecule has 2 N–H and O–H groups in total. The van der Waals surface area contributed by atoms with Gasteiger partial charge in [0.2, 0.25) is 5.91 Å². The second kappa shape index (κ2) is 9.12. The average Bonchev–Trinajstić information content (AvgIpc) is 3.06. The first-order chi connectivity index (χ1) is 15.9. The molecule has 4 amide bonds. The van der Waals surface area contributed by atoms with Crippen LogP contribution in [0.25, 0.3) is 0 Å². The Kier molecular flexibility index (Phi) is 6.08. The van der Waals surface area contributed by atoms with Crippen LogP contribution >= 0.6 is 0 Å². The van der Waals surface area contributed by atoms with E-state index in [0.29, 0.717) is 22.7 Å². The Morgan fingerprint density at radius 1 is 1.00 bits per heavy atom. The molecule has 0 spiro atoms. The summed E-state index contributed by atoms with van der Waals surface area (Å²) in [6.07, 6.45) is 0.245. The first-order valence-corrected chi connectivity index (χ1v) is 10.4. The third kappa shape index (κ3) is 4.41. The lowest BCUT2D eigenvalue weighted by molar-refractivity contribution is -0.134. The highest BCUT2D eigenvalue weighted by Crippen LogP contribution is 2.33. The summed E-state index contributed by atoms with van der Waals surface area (Å²) in [7, 11) is 0. The van der Waals surface area contributed by atoms with Crippen molar-refractivity contribution in [2.75, 3.05) is 11.9 Å². The first kappa shape index (κ1) is 22.0. The Hall–Kier alpha value is -4.20. The van der Waals surface area contributed by atoms with Crippen molar-refractivity contribution in [3.63, 3.8) is 0 Å². The van der Waals surface area contributed by atoms with Gasteiger partial charge in [-0.25, -0.2) is 9.18 Å². The van der Waals surface area contributed by atoms with Crippen LogP contribution in [0.5, 0.6) is 11.5 Å². The predicted molar refractivity (Wildman–Crippen MR) is 120 cm³/mol. The molecular weight excluding hydrogens is 425 g/mol. The van der Waals surface area contributed by atoms with Gasteiger partial charge < -0.3 is 15.4 Å². The molecule has 1 fully saturated rings. The molecule has 0 saturated carbocycles. The molecule has 0 radical (unpaired) electrons. The highest BCUT2D eigenvalue weighted by Gasteiger charge is 2.51. The lowest BCUT2D eigenvalue weighted by Gasteiger charge is -2.25. The average molecular weight is 447 g/mol. The lowest BCUT2D eigenvalue weighted by Crippen LogP contribution is -2.44. The van der Waals surface area contributed by atoms with Gasteiger partial charge in [-0.15, -0.1) is 0 Å². The molecule has 0 aromatic heterocycles. The molecule has 1 heterocycles. The van der Waals surface area contributed by atoms with Gasteiger partial charge in [0.25, 0.3) is 5.91 Å². The summed E-state index contributed by atoms with van der Waals surface area (Å²) in [6, 6.07) is 20.6. The summed E-state index contributed by atoms with van der Waals surface area (Å²) in [5.74, 6) is -0.558. The zero-order valence-electron chi connectivity index (χ0n) is 17.9. The van der Waals surface area contributed by atoms with Crippen LogP contribution < -0.4 is 15.4 Å². The van der Waals surface area contributed by atoms with Crippen molar-refractivity contribution in [1.29, 1.82) is 0 Å². The number of ether oxygens (including phenoxy) is 1. The van der Waals surface area contributed by atoms with Gasteiger partial charge in [-0.1, -0.05) is 49.4 Å². The minimum absolute atomic E-state index is 0.245. The van der Waals surface area contributed by atoms with Crippen molar-refractivity contribution in [1.82, 2.24) is 10.2 Å². The zero-order valence-corrected chi connectivity index (χ0v) is 17.9. The molecule has 3 aromatic carbocycles. The standard InChI is InChI=1S/C25H22FN3O4/c1-2-25(17-12-14-18(26)15-13-17)23(31)29(24(32)28-25)16-22(30)27-20-10-6-7-11-21(20)33-19-8-4-3-5-9-19/h3-15H,2,16H2,1H3,(H,27,30)(H,28,32). The smallest absolute Gasteiger partial charge is 0.325 e. The number of amides is 4. The Labute approximate surface area is 190 Å². The van der Waals surface area contributed by atoms with Gasteiger partial charge in [-0.05, 0) is 48.4 Å². The van der Waals surface area contributed by atoms with E-state index >= 15 is 0 Å². The van der Waals surface area contributed by atoms with Crippen LogP contribution in [0.4, 0.5) is 14.9 Å². The van der Waals surface area contributed by atoms with Gasteiger partial charge in [-0.2, -0.15) is 0 Å². The van der Waals surface area contributed by atoms with Crippen molar-refractivity contribution in [3.8, 4) is 11.5 Å². The van der Waals surface area contributed by atoms with Crippen LogP contribution in [0.15, 0.2) is 78.9 Å². The number of nitrogens with one attached hydrogen (secondary N) is 2. The molecule has 4 rings (SSSR count). The maximum Gasteiger partial charge on any atom is 0.325 e. The second-order valence-corrected chi connectivity index (χ2v) is 7.55. The summed E-state index contributed by atoms with van der Waals surface area (Å²) in [5, 5.41) is 5.38. The molecule has 8 heteroatoms. The maximum absolute atomic E-state index is 13.4. The summed E-state index contributed by atoms with van der Waals surface area (Å²) >= 11 is 0. The third-order valence-corrected chi connectivity index (χ3v) is 5.48. The third-order valence-electron chi connectivity index (χ3n) is 5.48. The Balaban J connectivity index is 1.50. The molecule has 1 atom stereocenters. The molecule has 168 valence electrons. The van der Waals surface area contributed by atoms with E-state index in [9.17, 15) is 18.8 Å². The number of para-hydroxylation sites is 3. The SMILES string of the molecule is CCC1(c2ccc(F)cc2)NC(=O)N(CC(=O)Nc2ccccc2Oc2ccccc2)C1=O. The van der Waals surface area contributed by atoms with Crippen molar-refractivity contribution < 1.29 is 23.5 Å². The van der Waals surface area contributed by atoms with Crippen molar-refractivity contribution in [2.45, 2.75) is 18.9 Å². The number of nitrogens with zero attached hydrogens (tertiary/aromatic N) is 1. The minimum atomic E-state index is -1.35. The lowest BCUT2D eigenvalue weighted by atomic mass is 9.87. The molecule has 1 aliphatic rings. The number of imide groups is 1. The van der Waals surface area contributed by atoms with Gasteiger partial charge >= 0.3 is 6.03 Å². The second-order valence-electron chi connectivity index (χ2n) is 7.55. The highest BCUT2D eigenvalue weighted by atomic mass is 19.1. The largest absolute Gasteiger partial charge is 0.455 e. The molecule has 33 heavy (non-hydrogen) atoms. The topological polar surface area (TPSA) is 87.7 Å². The van der Waals surface area contributed by atoms with Gasteiger partial charge in [0.1, 0.15) is 23.7 Å². The maximum atomic E-state index is 13.4. The highest BCUT2D eigenvalue weighted by molar-refractivity contribution is 6.10. The Morgan fingerprint density at radius 2 is 1.67 bits per heavy atom. The van der Waals surface area contributed by atoms with Crippen molar-refractivity contribution in [3.05, 3.63) is 90.2 Å². The summed E-state index contributed by atoms with van der Waals surface area (Å²) < 4.78 is 19.2. The minimum Gasteiger partial charge on any atom is -0.455 e. The fourth-order valence-corrected chi connectivity index (χ4v) is 3.75. The molecule has 0 bridgehead atoms. The van der Waals surface area contributed by atoms with Gasteiger partial charge in [0.05, 0.1) is 5.69 Å². The molecular formula is C25H22FN3O4. The summed E-state index contributed by atoms with van der Waals surface area (Å²) in [6.45, 7) is 1.26. The number of halogens is 1. The molecule has 1 aliphatic heterocycles. The number of hydrogen-bond donors (Lipinski definition) is 2. The monoisotopic (exact) mass is 447 g/mol. The van der Waals surface area contributed by atoms with Crippen LogP contribution in [-0.2, 0) is 15.1 Å². The molecule has 1 unspecified atom stereocenters. The number of hydrogen-bond acceptors (Lipinski definition) is 4. The van der Waals surface area contributed by atoms with E-state index in [1.54, 1.807) is 43.3 Å². The van der Waals surface area contributed by atoms with Crippen molar-refractivity contribution >= 4 is 23.5 Å². The van der Waals surface area contributed by atoms with E-state index in [-0.39, 0.29) is 6.42 Å². The number of carbonyl (C=O) groups excluding carboxylic acids is 3. The zero-order chi connectivity index (χ0) is 23.4. The predicted octanol–water partition coefficient (Wildman–Crippen LogP) is 4.41. The number of urea groups is 1. The number of rotatable bonds is 7. The molecule has 7 nitrogen and oxygen atoms in total. The van der Waals surface area contributed by atoms with Crippen LogP contribution in [-0.4, -0.2) is 29.3 Å². The van der Waals surface area contributed by atoms with E-state index in [4.69, 9.17) is 4.74 Å². The van der Waals surface area contributed by atoms with Gasteiger partial charge in [0.15, 0.2) is 5.75 Å².